The van der Waals surface area contributed by atoms with Crippen molar-refractivity contribution in [2.24, 2.45) is 0 Å². The van der Waals surface area contributed by atoms with Crippen molar-refractivity contribution in [2.45, 2.75) is 47.7 Å². The number of carbonyl (C=O) groups excluding carboxylic acids is 1. The van der Waals surface area contributed by atoms with Crippen LogP contribution in [0, 0.1) is 0 Å². The van der Waals surface area contributed by atoms with Crippen molar-refractivity contribution in [2.75, 3.05) is 7.11 Å². The molecule has 2 unspecified atom stereocenters. The summed E-state index contributed by atoms with van der Waals surface area (Å²) >= 11 is 6.03. The van der Waals surface area contributed by atoms with Crippen molar-refractivity contribution in [1.29, 1.82) is 0 Å². The summed E-state index contributed by atoms with van der Waals surface area (Å²) in [7, 11) is 1.02. The predicted molar refractivity (Wildman–Crippen MR) is 61.3 cm³/mol. The monoisotopic (exact) mass is 290 g/mol. The summed E-state index contributed by atoms with van der Waals surface area (Å²) in [5.41, 5.74) is 0. The smallest absolute Gasteiger partial charge is 0.327 e. The van der Waals surface area contributed by atoms with Crippen LogP contribution in [-0.2, 0) is 9.53 Å². The molecule has 0 aromatic rings. The molecule has 7 heteroatoms. The Labute approximate surface area is 107 Å². The van der Waals surface area contributed by atoms with Crippen molar-refractivity contribution < 1.29 is 22.7 Å². The number of methoxy groups -OCH3 is 1. The summed E-state index contributed by atoms with van der Waals surface area (Å²) in [5.74, 6) is -4.78. The summed E-state index contributed by atoms with van der Waals surface area (Å²) in [4.78, 5) is 11.6. The van der Waals surface area contributed by atoms with Crippen LogP contribution in [0.3, 0.4) is 0 Å². The number of hydrogen-bond acceptors (Lipinski definition) is 3. The van der Waals surface area contributed by atoms with Gasteiger partial charge in [-0.05, 0) is 0 Å². The maximum Gasteiger partial charge on any atom is 0.327 e. The highest BCUT2D eigenvalue weighted by atomic mass is 35.5. The van der Waals surface area contributed by atoms with Crippen LogP contribution >= 0.6 is 23.4 Å². The molecule has 0 aliphatic heterocycles. The fraction of sp³-hybridized carbons (Fsp3) is 0.900. The fourth-order valence-corrected chi connectivity index (χ4v) is 3.82. The van der Waals surface area contributed by atoms with Crippen LogP contribution in [-0.4, -0.2) is 33.6 Å². The highest BCUT2D eigenvalue weighted by Gasteiger charge is 2.83. The lowest BCUT2D eigenvalue weighted by molar-refractivity contribution is -0.206. The van der Waals surface area contributed by atoms with Gasteiger partial charge in [-0.1, -0.05) is 32.4 Å². The molecule has 100 valence electrons. The van der Waals surface area contributed by atoms with Crippen LogP contribution in [0.4, 0.5) is 13.2 Å². The first-order valence-corrected chi connectivity index (χ1v) is 6.13. The van der Waals surface area contributed by atoms with E-state index in [1.54, 1.807) is 20.8 Å². The third kappa shape index (κ3) is 2.14. The molecule has 0 amide bonds. The van der Waals surface area contributed by atoms with E-state index in [0.717, 1.165) is 18.9 Å². The minimum Gasteiger partial charge on any atom is -0.468 e. The number of carbonyl (C=O) groups is 1. The molecule has 0 N–H and O–H groups in total. The highest BCUT2D eigenvalue weighted by molar-refractivity contribution is 8.02. The highest BCUT2D eigenvalue weighted by Crippen LogP contribution is 2.67. The summed E-state index contributed by atoms with van der Waals surface area (Å²) in [6, 6.07) is 0. The van der Waals surface area contributed by atoms with Crippen LogP contribution in [0.1, 0.15) is 27.2 Å². The Kier molecular flexibility index (Phi) is 3.47. The Morgan fingerprint density at radius 3 is 2.06 bits per heavy atom. The zero-order valence-corrected chi connectivity index (χ0v) is 11.5. The first kappa shape index (κ1) is 15.0. The molecular formula is C10H14ClF3O2S. The van der Waals surface area contributed by atoms with Gasteiger partial charge in [-0.25, -0.2) is 13.2 Å². The summed E-state index contributed by atoms with van der Waals surface area (Å²) in [5, 5.41) is -3.41. The maximum absolute atomic E-state index is 14.0. The molecule has 0 heterocycles. The van der Waals surface area contributed by atoms with E-state index in [4.69, 9.17) is 11.6 Å². The number of hydrogen-bond donors (Lipinski definition) is 0. The molecular weight excluding hydrogens is 277 g/mol. The van der Waals surface area contributed by atoms with Gasteiger partial charge in [0, 0.05) is 11.2 Å². The van der Waals surface area contributed by atoms with Crippen LogP contribution < -0.4 is 0 Å². The average Bonchev–Trinajstić information content (AvgIpc) is 2.12. The molecule has 0 radical (unpaired) electrons. The Morgan fingerprint density at radius 1 is 1.35 bits per heavy atom. The lowest BCUT2D eigenvalue weighted by atomic mass is 9.77. The molecule has 1 aliphatic rings. The van der Waals surface area contributed by atoms with Gasteiger partial charge < -0.3 is 4.74 Å². The number of alkyl halides is 4. The third-order valence-corrected chi connectivity index (χ3v) is 4.70. The molecule has 1 saturated carbocycles. The zero-order chi connectivity index (χ0) is 13.7. The van der Waals surface area contributed by atoms with E-state index < -0.39 is 32.9 Å². The van der Waals surface area contributed by atoms with Crippen LogP contribution in [0.2, 0.25) is 0 Å². The van der Waals surface area contributed by atoms with E-state index in [-0.39, 0.29) is 0 Å². The first-order valence-electron chi connectivity index (χ1n) is 4.94. The van der Waals surface area contributed by atoms with E-state index in [9.17, 15) is 18.0 Å². The second-order valence-electron chi connectivity index (χ2n) is 4.99. The molecule has 0 aromatic heterocycles. The number of rotatable bonds is 2. The molecule has 1 fully saturated rings. The summed E-state index contributed by atoms with van der Waals surface area (Å²) in [6.45, 7) is 5.06. The van der Waals surface area contributed by atoms with E-state index in [1.165, 1.54) is 0 Å². The zero-order valence-electron chi connectivity index (χ0n) is 9.94. The van der Waals surface area contributed by atoms with Gasteiger partial charge in [0.15, 0.2) is 4.75 Å². The van der Waals surface area contributed by atoms with Gasteiger partial charge in [0.25, 0.3) is 11.1 Å². The molecule has 2 nitrogen and oxygen atoms in total. The van der Waals surface area contributed by atoms with Gasteiger partial charge >= 0.3 is 5.97 Å². The minimum atomic E-state index is -3.72. The lowest BCUT2D eigenvalue weighted by Crippen LogP contribution is -2.73. The predicted octanol–water partition coefficient (Wildman–Crippen LogP) is 3.37. The van der Waals surface area contributed by atoms with E-state index in [1.807, 2.05) is 0 Å². The van der Waals surface area contributed by atoms with Gasteiger partial charge in [0.1, 0.15) is 0 Å². The van der Waals surface area contributed by atoms with Gasteiger partial charge in [0.05, 0.1) is 7.11 Å². The largest absolute Gasteiger partial charge is 0.468 e. The van der Waals surface area contributed by atoms with E-state index in [0.29, 0.717) is 0 Å². The second-order valence-corrected chi connectivity index (χ2v) is 7.64. The topological polar surface area (TPSA) is 26.3 Å². The summed E-state index contributed by atoms with van der Waals surface area (Å²) in [6.07, 6.45) is -0.950. The van der Waals surface area contributed by atoms with Crippen LogP contribution in [0.25, 0.3) is 0 Å². The van der Waals surface area contributed by atoms with Crippen LogP contribution in [0.15, 0.2) is 0 Å². The minimum absolute atomic E-state index is 0.600. The maximum atomic E-state index is 14.0. The third-order valence-electron chi connectivity index (χ3n) is 2.43. The molecule has 1 aliphatic carbocycles. The number of halogens is 4. The molecule has 0 saturated heterocycles. The molecule has 2 atom stereocenters. The molecule has 1 rings (SSSR count). The van der Waals surface area contributed by atoms with Crippen molar-refractivity contribution in [1.82, 2.24) is 0 Å². The van der Waals surface area contributed by atoms with Crippen LogP contribution in [0.5, 0.6) is 0 Å². The van der Waals surface area contributed by atoms with Crippen molar-refractivity contribution in [3.05, 3.63) is 0 Å². The standard InChI is InChI=1S/C10H14ClF3O2S/c1-7(2,3)17-8(6(15)16-4)5-9(12,13)10(8,11)14/h5H2,1-4H3. The van der Waals surface area contributed by atoms with Crippen molar-refractivity contribution in [3.8, 4) is 0 Å². The number of esters is 1. The van der Waals surface area contributed by atoms with E-state index in [2.05, 4.69) is 4.74 Å². The Morgan fingerprint density at radius 2 is 1.82 bits per heavy atom. The average molecular weight is 291 g/mol. The fourth-order valence-electron chi connectivity index (χ4n) is 1.75. The first-order chi connectivity index (χ1) is 7.40. The second kappa shape index (κ2) is 3.95. The summed E-state index contributed by atoms with van der Waals surface area (Å²) < 4.78 is 42.0. The van der Waals surface area contributed by atoms with Gasteiger partial charge in [-0.15, -0.1) is 11.8 Å². The quantitative estimate of drug-likeness (QED) is 0.576. The van der Waals surface area contributed by atoms with Crippen molar-refractivity contribution in [3.63, 3.8) is 0 Å². The SMILES string of the molecule is COC(=O)C1(SC(C)(C)C)CC(F)(F)C1(F)Cl. The Balaban J connectivity index is 3.13. The van der Waals surface area contributed by atoms with Gasteiger partial charge in [0.2, 0.25) is 0 Å². The van der Waals surface area contributed by atoms with Gasteiger partial charge in [-0.3, -0.25) is 4.79 Å². The lowest BCUT2D eigenvalue weighted by Gasteiger charge is -2.54. The number of ether oxygens (including phenoxy) is 1. The Hall–Kier alpha value is -0.100. The number of thioether (sulfide) groups is 1. The molecule has 17 heavy (non-hydrogen) atoms. The molecule has 0 spiro atoms. The Bertz CT molecular complexity index is 341. The van der Waals surface area contributed by atoms with E-state index >= 15 is 0 Å². The molecule has 0 aromatic carbocycles. The normalized spacial score (nSPS) is 36.2. The van der Waals surface area contributed by atoms with Gasteiger partial charge in [-0.2, -0.15) is 0 Å². The molecule has 0 bridgehead atoms. The van der Waals surface area contributed by atoms with Crippen molar-refractivity contribution >= 4 is 29.3 Å².